The summed E-state index contributed by atoms with van der Waals surface area (Å²) in [6, 6.07) is 11.9. The second kappa shape index (κ2) is 6.85. The molecule has 0 atom stereocenters. The standard InChI is InChI=1S/C16H17FN2O2/c1-21-15-5-3-2-4-13(15)10-19-9-12-7-6-11(16(18)20)8-14(12)17/h2-8,19H,9-10H2,1H3,(H2,18,20). The maximum absolute atomic E-state index is 13.8. The highest BCUT2D eigenvalue weighted by molar-refractivity contribution is 5.92. The molecule has 3 N–H and O–H groups in total. The van der Waals surface area contributed by atoms with Crippen LogP contribution in [0.5, 0.6) is 5.75 Å². The van der Waals surface area contributed by atoms with Crippen LogP contribution in [0.2, 0.25) is 0 Å². The van der Waals surface area contributed by atoms with Crippen LogP contribution in [-0.4, -0.2) is 13.0 Å². The fourth-order valence-electron chi connectivity index (χ4n) is 2.02. The van der Waals surface area contributed by atoms with Crippen LogP contribution in [0, 0.1) is 5.82 Å². The molecule has 1 amide bonds. The fraction of sp³-hybridized carbons (Fsp3) is 0.188. The minimum atomic E-state index is -0.637. The van der Waals surface area contributed by atoms with E-state index in [4.69, 9.17) is 10.5 Å². The first kappa shape index (κ1) is 15.0. The number of halogens is 1. The molecule has 0 fully saturated rings. The quantitative estimate of drug-likeness (QED) is 0.856. The monoisotopic (exact) mass is 288 g/mol. The fourth-order valence-corrected chi connectivity index (χ4v) is 2.02. The number of nitrogens with two attached hydrogens (primary N) is 1. The Kier molecular flexibility index (Phi) is 4.90. The first-order valence-electron chi connectivity index (χ1n) is 6.52. The van der Waals surface area contributed by atoms with Crippen molar-refractivity contribution in [2.24, 2.45) is 5.73 Å². The number of methoxy groups -OCH3 is 1. The number of primary amides is 1. The second-order valence-corrected chi connectivity index (χ2v) is 4.59. The molecule has 0 radical (unpaired) electrons. The summed E-state index contributed by atoms with van der Waals surface area (Å²) < 4.78 is 19.1. The topological polar surface area (TPSA) is 64.3 Å². The van der Waals surface area contributed by atoms with E-state index in [-0.39, 0.29) is 5.56 Å². The van der Waals surface area contributed by atoms with E-state index in [1.165, 1.54) is 6.07 Å². The van der Waals surface area contributed by atoms with E-state index < -0.39 is 11.7 Å². The second-order valence-electron chi connectivity index (χ2n) is 4.59. The van der Waals surface area contributed by atoms with E-state index in [0.717, 1.165) is 17.4 Å². The van der Waals surface area contributed by atoms with Crippen molar-refractivity contribution < 1.29 is 13.9 Å². The van der Waals surface area contributed by atoms with Gasteiger partial charge in [-0.3, -0.25) is 4.79 Å². The molecule has 0 bridgehead atoms. The number of benzene rings is 2. The molecule has 2 aromatic rings. The average Bonchev–Trinajstić information content (AvgIpc) is 2.49. The summed E-state index contributed by atoms with van der Waals surface area (Å²) in [5, 5.41) is 3.15. The van der Waals surface area contributed by atoms with E-state index in [0.29, 0.717) is 18.7 Å². The predicted molar refractivity (Wildman–Crippen MR) is 78.5 cm³/mol. The van der Waals surface area contributed by atoms with Crippen LogP contribution < -0.4 is 15.8 Å². The molecule has 0 aromatic heterocycles. The van der Waals surface area contributed by atoms with Gasteiger partial charge in [-0.05, 0) is 18.2 Å². The summed E-state index contributed by atoms with van der Waals surface area (Å²) >= 11 is 0. The SMILES string of the molecule is COc1ccccc1CNCc1ccc(C(N)=O)cc1F. The van der Waals surface area contributed by atoms with Gasteiger partial charge in [-0.25, -0.2) is 4.39 Å². The van der Waals surface area contributed by atoms with Crippen molar-refractivity contribution in [2.45, 2.75) is 13.1 Å². The molecule has 0 aliphatic rings. The molecule has 2 aromatic carbocycles. The van der Waals surface area contributed by atoms with Crippen molar-refractivity contribution >= 4 is 5.91 Å². The number of ether oxygens (including phenoxy) is 1. The Morgan fingerprint density at radius 2 is 1.90 bits per heavy atom. The average molecular weight is 288 g/mol. The Balaban J connectivity index is 1.99. The third-order valence-electron chi connectivity index (χ3n) is 3.16. The van der Waals surface area contributed by atoms with E-state index in [1.54, 1.807) is 13.2 Å². The summed E-state index contributed by atoms with van der Waals surface area (Å²) in [5.74, 6) is -0.296. The minimum absolute atomic E-state index is 0.168. The highest BCUT2D eigenvalue weighted by Gasteiger charge is 2.07. The smallest absolute Gasteiger partial charge is 0.248 e. The third-order valence-corrected chi connectivity index (χ3v) is 3.16. The van der Waals surface area contributed by atoms with Crippen molar-refractivity contribution in [3.63, 3.8) is 0 Å². The van der Waals surface area contributed by atoms with Gasteiger partial charge in [0.2, 0.25) is 5.91 Å². The van der Waals surface area contributed by atoms with Crippen molar-refractivity contribution in [2.75, 3.05) is 7.11 Å². The molecule has 0 spiro atoms. The summed E-state index contributed by atoms with van der Waals surface area (Å²) in [6.45, 7) is 0.907. The molecule has 110 valence electrons. The van der Waals surface area contributed by atoms with Crippen molar-refractivity contribution in [3.05, 3.63) is 65.0 Å². The van der Waals surface area contributed by atoms with Gasteiger partial charge in [0, 0.05) is 29.8 Å². The number of hydrogen-bond acceptors (Lipinski definition) is 3. The molecule has 0 saturated heterocycles. The predicted octanol–water partition coefficient (Wildman–Crippen LogP) is 2.22. The maximum atomic E-state index is 13.8. The van der Waals surface area contributed by atoms with Crippen LogP contribution in [0.25, 0.3) is 0 Å². The lowest BCUT2D eigenvalue weighted by atomic mass is 10.1. The molecule has 0 saturated carbocycles. The molecule has 21 heavy (non-hydrogen) atoms. The summed E-state index contributed by atoms with van der Waals surface area (Å²) in [6.07, 6.45) is 0. The van der Waals surface area contributed by atoms with Gasteiger partial charge in [0.05, 0.1) is 7.11 Å². The highest BCUT2D eigenvalue weighted by Crippen LogP contribution is 2.17. The lowest BCUT2D eigenvalue weighted by Gasteiger charge is -2.10. The van der Waals surface area contributed by atoms with Gasteiger partial charge in [-0.15, -0.1) is 0 Å². The number of nitrogens with one attached hydrogen (secondary N) is 1. The van der Waals surface area contributed by atoms with Crippen LogP contribution in [0.3, 0.4) is 0 Å². The van der Waals surface area contributed by atoms with Crippen molar-refractivity contribution in [1.29, 1.82) is 0 Å². The zero-order valence-electron chi connectivity index (χ0n) is 11.7. The Hall–Kier alpha value is -2.40. The minimum Gasteiger partial charge on any atom is -0.496 e. The number of hydrogen-bond donors (Lipinski definition) is 2. The summed E-state index contributed by atoms with van der Waals surface area (Å²) in [7, 11) is 1.61. The maximum Gasteiger partial charge on any atom is 0.248 e. The summed E-state index contributed by atoms with van der Waals surface area (Å²) in [5.41, 5.74) is 6.75. The van der Waals surface area contributed by atoms with Crippen LogP contribution in [0.1, 0.15) is 21.5 Å². The number of rotatable bonds is 6. The molecule has 0 aliphatic heterocycles. The van der Waals surface area contributed by atoms with E-state index >= 15 is 0 Å². The number of carbonyl (C=O) groups excluding carboxylic acids is 1. The van der Waals surface area contributed by atoms with Gasteiger partial charge in [0.15, 0.2) is 0 Å². The molecule has 0 heterocycles. The molecule has 0 unspecified atom stereocenters. The van der Waals surface area contributed by atoms with E-state index in [9.17, 15) is 9.18 Å². The molecule has 4 nitrogen and oxygen atoms in total. The number of carbonyl (C=O) groups is 1. The van der Waals surface area contributed by atoms with Gasteiger partial charge >= 0.3 is 0 Å². The van der Waals surface area contributed by atoms with Gasteiger partial charge in [0.25, 0.3) is 0 Å². The largest absolute Gasteiger partial charge is 0.496 e. The Labute approximate surface area is 122 Å². The lowest BCUT2D eigenvalue weighted by Crippen LogP contribution is -2.16. The highest BCUT2D eigenvalue weighted by atomic mass is 19.1. The zero-order chi connectivity index (χ0) is 15.2. The Morgan fingerprint density at radius 1 is 1.19 bits per heavy atom. The molecule has 5 heteroatoms. The van der Waals surface area contributed by atoms with Gasteiger partial charge in [-0.2, -0.15) is 0 Å². The molecule has 0 aliphatic carbocycles. The van der Waals surface area contributed by atoms with Crippen molar-refractivity contribution in [3.8, 4) is 5.75 Å². The van der Waals surface area contributed by atoms with E-state index in [2.05, 4.69) is 5.32 Å². The summed E-state index contributed by atoms with van der Waals surface area (Å²) in [4.78, 5) is 11.0. The lowest BCUT2D eigenvalue weighted by molar-refractivity contribution is 0.1000. The normalized spacial score (nSPS) is 10.4. The van der Waals surface area contributed by atoms with Crippen LogP contribution in [0.15, 0.2) is 42.5 Å². The Bertz CT molecular complexity index is 644. The molecular formula is C16H17FN2O2. The first-order chi connectivity index (χ1) is 10.1. The number of para-hydroxylation sites is 1. The molecular weight excluding hydrogens is 271 g/mol. The number of amides is 1. The van der Waals surface area contributed by atoms with Crippen LogP contribution in [-0.2, 0) is 13.1 Å². The first-order valence-corrected chi connectivity index (χ1v) is 6.52. The van der Waals surface area contributed by atoms with Gasteiger partial charge < -0.3 is 15.8 Å². The van der Waals surface area contributed by atoms with Gasteiger partial charge in [0.1, 0.15) is 11.6 Å². The van der Waals surface area contributed by atoms with Crippen LogP contribution >= 0.6 is 0 Å². The third kappa shape index (κ3) is 3.79. The van der Waals surface area contributed by atoms with Crippen molar-refractivity contribution in [1.82, 2.24) is 5.32 Å². The zero-order valence-corrected chi connectivity index (χ0v) is 11.7. The van der Waals surface area contributed by atoms with Gasteiger partial charge in [-0.1, -0.05) is 24.3 Å². The molecule has 2 rings (SSSR count). The Morgan fingerprint density at radius 3 is 2.57 bits per heavy atom. The van der Waals surface area contributed by atoms with Crippen LogP contribution in [0.4, 0.5) is 4.39 Å². The van der Waals surface area contributed by atoms with E-state index in [1.807, 2.05) is 24.3 Å².